The van der Waals surface area contributed by atoms with Gasteiger partial charge in [0.05, 0.1) is 13.2 Å². The van der Waals surface area contributed by atoms with Gasteiger partial charge in [-0.2, -0.15) is 0 Å². The molecule has 3 heterocycles. The van der Waals surface area contributed by atoms with Crippen LogP contribution in [0.4, 0.5) is 0 Å². The fraction of sp³-hybridized carbons (Fsp3) is 0.778. The Kier molecular flexibility index (Phi) is 6.09. The van der Waals surface area contributed by atoms with Gasteiger partial charge in [0.25, 0.3) is 5.91 Å². The second kappa shape index (κ2) is 8.29. The largest absolute Gasteiger partial charge is 0.381 e. The van der Waals surface area contributed by atoms with Crippen LogP contribution < -0.4 is 5.32 Å². The van der Waals surface area contributed by atoms with Gasteiger partial charge in [-0.3, -0.25) is 9.69 Å². The summed E-state index contributed by atoms with van der Waals surface area (Å²) in [4.78, 5) is 14.9. The van der Waals surface area contributed by atoms with E-state index in [4.69, 9.17) is 14.0 Å². The normalized spacial score (nSPS) is 21.4. The van der Waals surface area contributed by atoms with Crippen molar-refractivity contribution in [2.45, 2.75) is 32.6 Å². The smallest absolute Gasteiger partial charge is 0.273 e. The number of nitrogens with zero attached hydrogens (tertiary/aromatic N) is 2. The third-order valence-electron chi connectivity index (χ3n) is 5.17. The highest BCUT2D eigenvalue weighted by Gasteiger charge is 2.35. The number of hydrogen-bond acceptors (Lipinski definition) is 6. The van der Waals surface area contributed by atoms with Crippen LogP contribution in [0.1, 0.15) is 48.9 Å². The summed E-state index contributed by atoms with van der Waals surface area (Å²) in [5.41, 5.74) is 0.410. The predicted molar refractivity (Wildman–Crippen MR) is 92.7 cm³/mol. The SMILES string of the molecule is CC(C)c1cc(C(=O)NCC2(CN3CCOCC3)CCOCC2)no1. The number of carbonyl (C=O) groups is 1. The van der Waals surface area contributed by atoms with Crippen molar-refractivity contribution < 1.29 is 18.8 Å². The van der Waals surface area contributed by atoms with Crippen LogP contribution >= 0.6 is 0 Å². The summed E-state index contributed by atoms with van der Waals surface area (Å²) in [5, 5.41) is 6.98. The molecule has 1 aromatic heterocycles. The molecule has 7 nitrogen and oxygen atoms in total. The maximum Gasteiger partial charge on any atom is 0.273 e. The lowest BCUT2D eigenvalue weighted by molar-refractivity contribution is -0.0283. The van der Waals surface area contributed by atoms with E-state index in [9.17, 15) is 4.79 Å². The highest BCUT2D eigenvalue weighted by atomic mass is 16.5. The second-order valence-corrected chi connectivity index (χ2v) is 7.45. The lowest BCUT2D eigenvalue weighted by Gasteiger charge is -2.42. The molecule has 0 aromatic carbocycles. The summed E-state index contributed by atoms with van der Waals surface area (Å²) < 4.78 is 16.2. The topological polar surface area (TPSA) is 76.8 Å². The van der Waals surface area contributed by atoms with E-state index in [1.54, 1.807) is 6.07 Å². The van der Waals surface area contributed by atoms with Crippen molar-refractivity contribution in [3.05, 3.63) is 17.5 Å². The maximum atomic E-state index is 12.5. The van der Waals surface area contributed by atoms with Crippen molar-refractivity contribution in [3.63, 3.8) is 0 Å². The fourth-order valence-corrected chi connectivity index (χ4v) is 3.46. The van der Waals surface area contributed by atoms with Crippen molar-refractivity contribution in [1.82, 2.24) is 15.4 Å². The van der Waals surface area contributed by atoms with Crippen molar-refractivity contribution >= 4 is 5.91 Å². The highest BCUT2D eigenvalue weighted by Crippen LogP contribution is 2.31. The van der Waals surface area contributed by atoms with Crippen molar-refractivity contribution in [2.24, 2.45) is 5.41 Å². The van der Waals surface area contributed by atoms with Gasteiger partial charge in [-0.25, -0.2) is 0 Å². The molecular formula is C18H29N3O4. The van der Waals surface area contributed by atoms with Crippen LogP contribution in [0.3, 0.4) is 0 Å². The highest BCUT2D eigenvalue weighted by molar-refractivity contribution is 5.92. The molecular weight excluding hydrogens is 322 g/mol. The first-order chi connectivity index (χ1) is 12.1. The zero-order valence-corrected chi connectivity index (χ0v) is 15.3. The fourth-order valence-electron chi connectivity index (χ4n) is 3.46. The van der Waals surface area contributed by atoms with Gasteiger partial charge in [0.1, 0.15) is 5.76 Å². The molecule has 2 fully saturated rings. The number of hydrogen-bond donors (Lipinski definition) is 1. The van der Waals surface area contributed by atoms with Gasteiger partial charge in [-0.15, -0.1) is 0 Å². The number of morpholine rings is 1. The van der Waals surface area contributed by atoms with Gasteiger partial charge in [0.15, 0.2) is 5.69 Å². The molecule has 2 aliphatic rings. The van der Waals surface area contributed by atoms with E-state index in [0.29, 0.717) is 12.2 Å². The Morgan fingerprint density at radius 1 is 1.24 bits per heavy atom. The lowest BCUT2D eigenvalue weighted by Crippen LogP contribution is -2.50. The van der Waals surface area contributed by atoms with Crippen LogP contribution in [0.2, 0.25) is 0 Å². The Morgan fingerprint density at radius 2 is 1.92 bits per heavy atom. The molecule has 7 heteroatoms. The van der Waals surface area contributed by atoms with Crippen LogP contribution in [0.15, 0.2) is 10.6 Å². The summed E-state index contributed by atoms with van der Waals surface area (Å²) in [7, 11) is 0. The Hall–Kier alpha value is -1.44. The zero-order valence-electron chi connectivity index (χ0n) is 15.3. The third kappa shape index (κ3) is 4.80. The molecule has 1 N–H and O–H groups in total. The van der Waals surface area contributed by atoms with E-state index < -0.39 is 0 Å². The third-order valence-corrected chi connectivity index (χ3v) is 5.17. The summed E-state index contributed by atoms with van der Waals surface area (Å²) in [6, 6.07) is 1.73. The molecule has 0 radical (unpaired) electrons. The number of aromatic nitrogens is 1. The zero-order chi connectivity index (χ0) is 17.7. The van der Waals surface area contributed by atoms with Gasteiger partial charge >= 0.3 is 0 Å². The van der Waals surface area contributed by atoms with E-state index in [1.807, 2.05) is 13.8 Å². The Morgan fingerprint density at radius 3 is 2.56 bits per heavy atom. The Balaban J connectivity index is 1.60. The summed E-state index contributed by atoms with van der Waals surface area (Å²) >= 11 is 0. The van der Waals surface area contributed by atoms with Crippen molar-refractivity contribution in [3.8, 4) is 0 Å². The van der Waals surface area contributed by atoms with Crippen LogP contribution in [-0.2, 0) is 9.47 Å². The molecule has 0 atom stereocenters. The average molecular weight is 351 g/mol. The number of amides is 1. The van der Waals surface area contributed by atoms with Gasteiger partial charge in [0.2, 0.25) is 0 Å². The van der Waals surface area contributed by atoms with Crippen molar-refractivity contribution in [2.75, 3.05) is 52.6 Å². The van der Waals surface area contributed by atoms with E-state index in [-0.39, 0.29) is 17.2 Å². The van der Waals surface area contributed by atoms with Crippen LogP contribution in [-0.4, -0.2) is 68.6 Å². The number of carbonyl (C=O) groups excluding carboxylic acids is 1. The molecule has 0 unspecified atom stereocenters. The Labute approximate surface area is 149 Å². The summed E-state index contributed by atoms with van der Waals surface area (Å²) in [6.07, 6.45) is 1.92. The molecule has 1 amide bonds. The van der Waals surface area contributed by atoms with Gasteiger partial charge < -0.3 is 19.3 Å². The average Bonchev–Trinajstić information content (AvgIpc) is 3.12. The molecule has 25 heavy (non-hydrogen) atoms. The maximum absolute atomic E-state index is 12.5. The van der Waals surface area contributed by atoms with E-state index in [1.165, 1.54) is 0 Å². The van der Waals surface area contributed by atoms with E-state index in [0.717, 1.165) is 64.7 Å². The molecule has 140 valence electrons. The minimum Gasteiger partial charge on any atom is -0.381 e. The summed E-state index contributed by atoms with van der Waals surface area (Å²) in [6.45, 7) is 10.6. The van der Waals surface area contributed by atoms with Gasteiger partial charge in [0, 0.05) is 56.8 Å². The number of ether oxygens (including phenoxy) is 2. The molecule has 1 aromatic rings. The van der Waals surface area contributed by atoms with Gasteiger partial charge in [-0.05, 0) is 12.8 Å². The lowest BCUT2D eigenvalue weighted by atomic mass is 9.79. The Bertz CT molecular complexity index is 560. The molecule has 2 saturated heterocycles. The minimum atomic E-state index is -0.163. The molecule has 0 bridgehead atoms. The van der Waals surface area contributed by atoms with Crippen molar-refractivity contribution in [1.29, 1.82) is 0 Å². The molecule has 0 aliphatic carbocycles. The van der Waals surface area contributed by atoms with Crippen LogP contribution in [0.5, 0.6) is 0 Å². The minimum absolute atomic E-state index is 0.0515. The first-order valence-corrected chi connectivity index (χ1v) is 9.21. The number of nitrogens with one attached hydrogen (secondary N) is 1. The standard InChI is InChI=1S/C18H29N3O4/c1-14(2)16-11-15(20-25-16)17(22)19-12-18(3-7-23-8-4-18)13-21-5-9-24-10-6-21/h11,14H,3-10,12-13H2,1-2H3,(H,19,22). The molecule has 0 saturated carbocycles. The molecule has 0 spiro atoms. The number of rotatable bonds is 6. The quantitative estimate of drug-likeness (QED) is 0.840. The van der Waals surface area contributed by atoms with Crippen LogP contribution in [0.25, 0.3) is 0 Å². The summed E-state index contributed by atoms with van der Waals surface area (Å²) in [5.74, 6) is 0.792. The monoisotopic (exact) mass is 351 g/mol. The van der Waals surface area contributed by atoms with E-state index >= 15 is 0 Å². The first kappa shape index (κ1) is 18.4. The van der Waals surface area contributed by atoms with Crippen LogP contribution in [0, 0.1) is 5.41 Å². The molecule has 2 aliphatic heterocycles. The van der Waals surface area contributed by atoms with E-state index in [2.05, 4.69) is 15.4 Å². The predicted octanol–water partition coefficient (Wildman–Crippen LogP) is 1.66. The first-order valence-electron chi connectivity index (χ1n) is 9.21. The molecule has 3 rings (SSSR count). The second-order valence-electron chi connectivity index (χ2n) is 7.45. The van der Waals surface area contributed by atoms with Gasteiger partial charge in [-0.1, -0.05) is 19.0 Å².